The van der Waals surface area contributed by atoms with Crippen molar-refractivity contribution in [2.24, 2.45) is 0 Å². The van der Waals surface area contributed by atoms with Crippen molar-refractivity contribution in [2.75, 3.05) is 23.3 Å². The highest BCUT2D eigenvalue weighted by Gasteiger charge is 2.21. The van der Waals surface area contributed by atoms with Crippen molar-refractivity contribution in [1.82, 2.24) is 5.32 Å². The van der Waals surface area contributed by atoms with Gasteiger partial charge < -0.3 is 10.6 Å². The van der Waals surface area contributed by atoms with Gasteiger partial charge in [0, 0.05) is 29.3 Å². The number of nitrogens with one attached hydrogen (secondary N) is 2. The quantitative estimate of drug-likeness (QED) is 0.903. The number of carbonyl (C=O) groups excluding carboxylic acids is 1. The second-order valence-corrected chi connectivity index (χ2v) is 6.22. The first-order valence-electron chi connectivity index (χ1n) is 7.11. The molecular weight excluding hydrogens is 282 g/mol. The van der Waals surface area contributed by atoms with E-state index in [9.17, 15) is 4.79 Å². The molecule has 1 unspecified atom stereocenters. The zero-order valence-electron chi connectivity index (χ0n) is 12.2. The summed E-state index contributed by atoms with van der Waals surface area (Å²) in [5, 5.41) is 8.46. The van der Waals surface area contributed by atoms with Crippen LogP contribution in [0.4, 0.5) is 16.2 Å². The van der Waals surface area contributed by atoms with E-state index >= 15 is 0 Å². The van der Waals surface area contributed by atoms with Crippen LogP contribution in [0.2, 0.25) is 0 Å². The molecule has 0 aliphatic carbocycles. The third kappa shape index (κ3) is 2.88. The van der Waals surface area contributed by atoms with Crippen molar-refractivity contribution in [1.29, 1.82) is 0 Å². The van der Waals surface area contributed by atoms with Gasteiger partial charge in [-0.25, -0.2) is 4.79 Å². The number of hydrogen-bond donors (Lipinski definition) is 2. The number of thiophene rings is 1. The van der Waals surface area contributed by atoms with Gasteiger partial charge in [-0.15, -0.1) is 11.3 Å². The Morgan fingerprint density at radius 1 is 1.38 bits per heavy atom. The highest BCUT2D eigenvalue weighted by molar-refractivity contribution is 7.10. The number of benzene rings is 1. The minimum Gasteiger partial charge on any atom is -0.378 e. The SMILES string of the molecule is Cc1ccsc1C(C)Nc1cccc(N2CCNC2=O)c1. The number of nitrogens with zero attached hydrogens (tertiary/aromatic N) is 1. The van der Waals surface area contributed by atoms with Crippen LogP contribution in [-0.4, -0.2) is 19.1 Å². The highest BCUT2D eigenvalue weighted by atomic mass is 32.1. The molecule has 0 radical (unpaired) electrons. The van der Waals surface area contributed by atoms with Crippen molar-refractivity contribution in [3.05, 3.63) is 46.2 Å². The molecule has 1 fully saturated rings. The van der Waals surface area contributed by atoms with E-state index < -0.39 is 0 Å². The van der Waals surface area contributed by atoms with Crippen LogP contribution in [0, 0.1) is 6.92 Å². The molecule has 0 spiro atoms. The molecule has 0 bridgehead atoms. The lowest BCUT2D eigenvalue weighted by atomic mass is 10.1. The zero-order valence-corrected chi connectivity index (χ0v) is 13.0. The van der Waals surface area contributed by atoms with E-state index in [-0.39, 0.29) is 12.1 Å². The number of anilines is 2. The maximum absolute atomic E-state index is 11.7. The number of aryl methyl sites for hydroxylation is 1. The van der Waals surface area contributed by atoms with Gasteiger partial charge in [0.1, 0.15) is 0 Å². The Morgan fingerprint density at radius 3 is 2.90 bits per heavy atom. The fourth-order valence-corrected chi connectivity index (χ4v) is 3.56. The number of rotatable bonds is 4. The summed E-state index contributed by atoms with van der Waals surface area (Å²) < 4.78 is 0. The fourth-order valence-electron chi connectivity index (χ4n) is 2.63. The van der Waals surface area contributed by atoms with Gasteiger partial charge in [0.15, 0.2) is 0 Å². The van der Waals surface area contributed by atoms with Crippen molar-refractivity contribution >= 4 is 28.7 Å². The van der Waals surface area contributed by atoms with E-state index in [2.05, 4.69) is 35.9 Å². The fraction of sp³-hybridized carbons (Fsp3) is 0.312. The topological polar surface area (TPSA) is 44.4 Å². The molecule has 1 aliphatic heterocycles. The predicted molar refractivity (Wildman–Crippen MR) is 88.3 cm³/mol. The van der Waals surface area contributed by atoms with Crippen LogP contribution in [0.5, 0.6) is 0 Å². The van der Waals surface area contributed by atoms with E-state index in [0.717, 1.165) is 17.9 Å². The molecule has 110 valence electrons. The minimum atomic E-state index is -0.0192. The molecule has 1 aromatic carbocycles. The van der Waals surface area contributed by atoms with Gasteiger partial charge in [0.2, 0.25) is 0 Å². The van der Waals surface area contributed by atoms with Crippen molar-refractivity contribution in [3.63, 3.8) is 0 Å². The van der Waals surface area contributed by atoms with Crippen molar-refractivity contribution < 1.29 is 4.79 Å². The lowest BCUT2D eigenvalue weighted by Gasteiger charge is -2.18. The molecule has 21 heavy (non-hydrogen) atoms. The van der Waals surface area contributed by atoms with Crippen LogP contribution in [0.3, 0.4) is 0 Å². The molecule has 3 rings (SSSR count). The first-order valence-corrected chi connectivity index (χ1v) is 7.99. The van der Waals surface area contributed by atoms with Crippen LogP contribution in [-0.2, 0) is 0 Å². The average Bonchev–Trinajstić information content (AvgIpc) is 3.07. The van der Waals surface area contributed by atoms with Gasteiger partial charge in [-0.1, -0.05) is 6.07 Å². The Bertz CT molecular complexity index is 652. The van der Waals surface area contributed by atoms with Gasteiger partial charge in [-0.05, 0) is 49.1 Å². The number of amides is 2. The molecule has 2 aromatic rings. The molecule has 4 nitrogen and oxygen atoms in total. The molecule has 2 amide bonds. The summed E-state index contributed by atoms with van der Waals surface area (Å²) in [4.78, 5) is 14.9. The second-order valence-electron chi connectivity index (χ2n) is 5.27. The summed E-state index contributed by atoms with van der Waals surface area (Å²) in [6, 6.07) is 10.4. The monoisotopic (exact) mass is 301 g/mol. The Hall–Kier alpha value is -2.01. The summed E-state index contributed by atoms with van der Waals surface area (Å²) in [5.74, 6) is 0. The van der Waals surface area contributed by atoms with Crippen LogP contribution < -0.4 is 15.5 Å². The molecule has 1 aliphatic rings. The third-order valence-corrected chi connectivity index (χ3v) is 4.89. The van der Waals surface area contributed by atoms with Crippen LogP contribution in [0.1, 0.15) is 23.4 Å². The molecule has 0 saturated carbocycles. The Kier molecular flexibility index (Phi) is 3.84. The summed E-state index contributed by atoms with van der Waals surface area (Å²) >= 11 is 1.77. The highest BCUT2D eigenvalue weighted by Crippen LogP contribution is 2.28. The third-order valence-electron chi connectivity index (χ3n) is 3.69. The molecule has 1 atom stereocenters. The normalized spacial score (nSPS) is 15.9. The molecule has 1 saturated heterocycles. The Labute approximate surface area is 128 Å². The number of carbonyl (C=O) groups is 1. The summed E-state index contributed by atoms with van der Waals surface area (Å²) in [7, 11) is 0. The molecular formula is C16H19N3OS. The van der Waals surface area contributed by atoms with Gasteiger partial charge >= 0.3 is 6.03 Å². The molecule has 2 heterocycles. The van der Waals surface area contributed by atoms with Crippen LogP contribution >= 0.6 is 11.3 Å². The zero-order chi connectivity index (χ0) is 14.8. The van der Waals surface area contributed by atoms with Crippen molar-refractivity contribution in [2.45, 2.75) is 19.9 Å². The van der Waals surface area contributed by atoms with Crippen LogP contribution in [0.15, 0.2) is 35.7 Å². The maximum Gasteiger partial charge on any atom is 0.321 e. The van der Waals surface area contributed by atoms with Gasteiger partial charge in [-0.3, -0.25) is 4.90 Å². The average molecular weight is 301 g/mol. The molecule has 2 N–H and O–H groups in total. The Morgan fingerprint density at radius 2 is 2.24 bits per heavy atom. The Balaban J connectivity index is 1.77. The van der Waals surface area contributed by atoms with Gasteiger partial charge in [-0.2, -0.15) is 0 Å². The number of hydrogen-bond acceptors (Lipinski definition) is 3. The van der Waals surface area contributed by atoms with Gasteiger partial charge in [0.05, 0.1) is 6.04 Å². The summed E-state index contributed by atoms with van der Waals surface area (Å²) in [5.41, 5.74) is 3.28. The predicted octanol–water partition coefficient (Wildman–Crippen LogP) is 3.76. The summed E-state index contributed by atoms with van der Waals surface area (Å²) in [6.45, 7) is 5.73. The van der Waals surface area contributed by atoms with E-state index in [1.54, 1.807) is 16.2 Å². The first-order chi connectivity index (χ1) is 10.1. The molecule has 5 heteroatoms. The van der Waals surface area contributed by atoms with E-state index in [1.807, 2.05) is 24.3 Å². The van der Waals surface area contributed by atoms with Gasteiger partial charge in [0.25, 0.3) is 0 Å². The minimum absolute atomic E-state index is 0.0192. The first kappa shape index (κ1) is 13.9. The number of urea groups is 1. The lowest BCUT2D eigenvalue weighted by molar-refractivity contribution is 0.252. The second kappa shape index (κ2) is 5.77. The van der Waals surface area contributed by atoms with E-state index in [1.165, 1.54) is 10.4 Å². The summed E-state index contributed by atoms with van der Waals surface area (Å²) in [6.07, 6.45) is 0. The smallest absolute Gasteiger partial charge is 0.321 e. The molecule has 1 aromatic heterocycles. The van der Waals surface area contributed by atoms with E-state index in [0.29, 0.717) is 6.54 Å². The largest absolute Gasteiger partial charge is 0.378 e. The van der Waals surface area contributed by atoms with E-state index in [4.69, 9.17) is 0 Å². The van der Waals surface area contributed by atoms with Crippen molar-refractivity contribution in [3.8, 4) is 0 Å². The maximum atomic E-state index is 11.7. The standard InChI is InChI=1S/C16H19N3OS/c1-11-6-9-21-15(11)12(2)18-13-4-3-5-14(10-13)19-8-7-17-16(19)20/h3-6,9-10,12,18H,7-8H2,1-2H3,(H,17,20). The van der Waals surface area contributed by atoms with Crippen LogP contribution in [0.25, 0.3) is 0 Å². The lowest BCUT2D eigenvalue weighted by Crippen LogP contribution is -2.27.